The number of rotatable bonds is 30. The number of hydrogen-bond acceptors (Lipinski definition) is 21. The lowest BCUT2D eigenvalue weighted by atomic mass is 9.81. The lowest BCUT2D eigenvalue weighted by Gasteiger charge is -2.47. The van der Waals surface area contributed by atoms with E-state index in [0.29, 0.717) is 56.6 Å². The van der Waals surface area contributed by atoms with Crippen LogP contribution in [0.15, 0.2) is 53.7 Å². The fourth-order valence-corrected chi connectivity index (χ4v) is 15.4. The highest BCUT2D eigenvalue weighted by Gasteiger charge is 2.69. The van der Waals surface area contributed by atoms with Gasteiger partial charge in [-0.3, -0.25) is 24.0 Å². The van der Waals surface area contributed by atoms with E-state index < -0.39 is 90.1 Å². The molecule has 5 unspecified atom stereocenters. The van der Waals surface area contributed by atoms with E-state index in [9.17, 15) is 33.9 Å². The van der Waals surface area contributed by atoms with Crippen molar-refractivity contribution in [2.75, 3.05) is 65.2 Å². The Hall–Kier alpha value is -5.69. The second kappa shape index (κ2) is 35.1. The highest BCUT2D eigenvalue weighted by atomic mass is 16.8. The Bertz CT molecular complexity index is 2920. The van der Waals surface area contributed by atoms with Gasteiger partial charge in [-0.05, 0) is 110 Å². The number of methoxy groups -OCH3 is 1. The third-order valence-electron chi connectivity index (χ3n) is 20.5. The van der Waals surface area contributed by atoms with Gasteiger partial charge in [0, 0.05) is 88.1 Å². The van der Waals surface area contributed by atoms with Gasteiger partial charge in [-0.1, -0.05) is 51.2 Å². The molecule has 10 aliphatic heterocycles. The van der Waals surface area contributed by atoms with Gasteiger partial charge in [-0.2, -0.15) is 0 Å². The van der Waals surface area contributed by atoms with Crippen LogP contribution in [-0.2, 0) is 92.2 Å². The Morgan fingerprint density at radius 1 is 0.763 bits per heavy atom. The van der Waals surface area contributed by atoms with Gasteiger partial charge < -0.3 is 93.7 Å². The van der Waals surface area contributed by atoms with E-state index in [1.807, 2.05) is 0 Å². The average Bonchev–Trinajstić information content (AvgIpc) is 1.55. The van der Waals surface area contributed by atoms with E-state index in [4.69, 9.17) is 72.8 Å². The summed E-state index contributed by atoms with van der Waals surface area (Å²) >= 11 is 0. The zero-order chi connectivity index (χ0) is 68.8. The number of Topliss-reactive ketones (excluding diaryl/α,β-unsaturated/α-hetero) is 1. The number of primary amides is 1. The molecule has 1 aromatic rings. The summed E-state index contributed by atoms with van der Waals surface area (Å²) < 4.78 is 82.8. The van der Waals surface area contributed by atoms with Gasteiger partial charge in [-0.25, -0.2) is 4.79 Å². The van der Waals surface area contributed by atoms with Crippen molar-refractivity contribution in [3.05, 3.63) is 64.6 Å². The lowest BCUT2D eigenvalue weighted by Crippen LogP contribution is -2.61. The smallest absolute Gasteiger partial charge is 0.312 e. The molecule has 28 nitrogen and oxygen atoms in total. The molecule has 0 radical (unpaired) electrons. The van der Waals surface area contributed by atoms with Gasteiger partial charge in [-0.15, -0.1) is 0 Å². The standard InChI is InChI=1S/C69H102N8O20/c1-38(2)59(76-57(80)20-24-86-26-28-88-29-27-87-25-23-73-77-71)67(83)75-50(8-7-22-72-68(70)84)66(82)74-43-11-9-42(10-12-43)37-89-58(81)18-13-44(78)34-55-60(85-6)49-33-45(79)32-47-15-17-52-61(92-47)65-64-63(94-52)62-56(95-64)36-69(96-62,97-65)21-19-48-31-40(4)51(90-48)16-14-46-30-39(3)41(5)53(91-46)35-54(49)93-55/h9-12,38-39,44,46-56,59-65,78H,4-5,7-8,13-37H2,1-3,6H3,(H,74,82)(H,75,83)(H,76,80)(H3,70,72,84)/t39-,44-,46+,47-,48+,49?,50+,51?,52+,53?,54?,55-,56-,59+,60-,61+,62?,63+,64-,65+,69+/m1/s1. The molecule has 7 N–H and O–H groups in total. The number of nitrogens with two attached hydrogens (primary N) is 1. The number of nitrogens with one attached hydrogen (secondary N) is 4. The first-order valence-corrected chi connectivity index (χ1v) is 35.1. The molecule has 538 valence electrons. The van der Waals surface area contributed by atoms with E-state index in [-0.39, 0.29) is 176 Å². The van der Waals surface area contributed by atoms with Crippen LogP contribution in [0.5, 0.6) is 0 Å². The van der Waals surface area contributed by atoms with Crippen LogP contribution in [0.25, 0.3) is 10.4 Å². The molecule has 28 heteroatoms. The lowest BCUT2D eigenvalue weighted by molar-refractivity contribution is -0.292. The van der Waals surface area contributed by atoms with Crippen molar-refractivity contribution in [1.82, 2.24) is 16.0 Å². The number of esters is 1. The molecule has 10 fully saturated rings. The van der Waals surface area contributed by atoms with E-state index in [0.717, 1.165) is 43.3 Å². The number of amides is 5. The fraction of sp³-hybridized carbons (Fsp3) is 0.768. The van der Waals surface area contributed by atoms with Crippen LogP contribution in [-0.4, -0.2) is 216 Å². The first-order chi connectivity index (χ1) is 46.7. The molecule has 11 rings (SSSR count). The average molecular weight is 1360 g/mol. The molecular formula is C69H102N8O20. The Morgan fingerprint density at radius 3 is 2.23 bits per heavy atom. The van der Waals surface area contributed by atoms with Gasteiger partial charge in [0.15, 0.2) is 5.79 Å². The topological polar surface area (TPSA) is 366 Å². The molecule has 97 heavy (non-hydrogen) atoms. The number of urea groups is 1. The van der Waals surface area contributed by atoms with Crippen LogP contribution in [0.2, 0.25) is 0 Å². The van der Waals surface area contributed by atoms with Gasteiger partial charge in [0.05, 0.1) is 107 Å². The highest BCUT2D eigenvalue weighted by Crippen LogP contribution is 2.54. The number of aliphatic hydroxyl groups is 1. The Balaban J connectivity index is 0.706. The van der Waals surface area contributed by atoms with Crippen molar-refractivity contribution in [3.8, 4) is 0 Å². The minimum absolute atomic E-state index is 0.00816. The van der Waals surface area contributed by atoms with Gasteiger partial charge >= 0.3 is 12.0 Å². The van der Waals surface area contributed by atoms with Crippen LogP contribution in [0.1, 0.15) is 142 Å². The van der Waals surface area contributed by atoms with Crippen molar-refractivity contribution in [2.45, 2.75) is 258 Å². The highest BCUT2D eigenvalue weighted by molar-refractivity contribution is 5.98. The van der Waals surface area contributed by atoms with Gasteiger partial charge in [0.2, 0.25) is 17.7 Å². The van der Waals surface area contributed by atoms with Crippen LogP contribution in [0.3, 0.4) is 0 Å². The molecule has 10 aliphatic rings. The summed E-state index contributed by atoms with van der Waals surface area (Å²) in [5, 5.41) is 25.8. The number of aliphatic hydroxyl groups excluding tert-OH is 1. The van der Waals surface area contributed by atoms with Crippen molar-refractivity contribution in [3.63, 3.8) is 0 Å². The van der Waals surface area contributed by atoms with Gasteiger partial charge in [0.25, 0.3) is 0 Å². The SMILES string of the molecule is C=C1C[C@@H]2CC[C@@]34C[C@H]5O[C@H]6[C@@H](O3)[C@H]3O[C@H](CC[C@@H]3O[C@H]6C5O4)CC(=O)CC3C(CC4O[C@@H](CCC1O2)C[C@@H](C)C4=C)O[C@H](C[C@H](O)CCC(=O)OCc1ccc(NC(=O)[C@H](CCCNC(N)=O)NC(=O)[C@@H](NC(=O)CCOCCOCCOCCN=[N+]=[N-])C(C)C)cc1)[C@@H]3OC. The van der Waals surface area contributed by atoms with Gasteiger partial charge in [0.1, 0.15) is 55.0 Å². The summed E-state index contributed by atoms with van der Waals surface area (Å²) in [4.78, 5) is 82.3. The van der Waals surface area contributed by atoms with Crippen LogP contribution < -0.4 is 27.0 Å². The molecule has 0 aliphatic carbocycles. The zero-order valence-corrected chi connectivity index (χ0v) is 56.6. The second-order valence-corrected chi connectivity index (χ2v) is 27.9. The minimum atomic E-state index is -1.08. The molecule has 5 amide bonds. The fourth-order valence-electron chi connectivity index (χ4n) is 15.4. The predicted molar refractivity (Wildman–Crippen MR) is 348 cm³/mol. The normalized spacial score (nSPS) is 33.8. The molecule has 21 atom stereocenters. The summed E-state index contributed by atoms with van der Waals surface area (Å²) in [6.07, 6.45) is 2.05. The Morgan fingerprint density at radius 2 is 1.47 bits per heavy atom. The number of carbonyl (C=O) groups is 6. The largest absolute Gasteiger partial charge is 0.461 e. The Kier molecular flexibility index (Phi) is 26.8. The third-order valence-corrected chi connectivity index (χ3v) is 20.5. The number of benzene rings is 1. The first kappa shape index (κ1) is 74.0. The number of carbonyl (C=O) groups excluding carboxylic acids is 6. The molecule has 12 bridgehead atoms. The number of ketones is 1. The van der Waals surface area contributed by atoms with E-state index in [1.165, 1.54) is 0 Å². The second-order valence-electron chi connectivity index (χ2n) is 27.9. The van der Waals surface area contributed by atoms with Crippen LogP contribution in [0.4, 0.5) is 10.5 Å². The molecule has 0 saturated carbocycles. The maximum absolute atomic E-state index is 14.5. The van der Waals surface area contributed by atoms with Crippen molar-refractivity contribution in [1.29, 1.82) is 0 Å². The first-order valence-electron chi connectivity index (χ1n) is 35.1. The maximum atomic E-state index is 14.5. The quantitative estimate of drug-likeness (QED) is 0.0133. The number of ether oxygens (including phenoxy) is 13. The van der Waals surface area contributed by atoms with E-state index >= 15 is 0 Å². The maximum Gasteiger partial charge on any atom is 0.312 e. The number of azide groups is 1. The van der Waals surface area contributed by atoms with Crippen molar-refractivity contribution in [2.24, 2.45) is 28.6 Å². The molecule has 0 aromatic heterocycles. The molecule has 1 spiro atoms. The summed E-state index contributed by atoms with van der Waals surface area (Å²) in [7, 11) is 1.60. The molecular weight excluding hydrogens is 1260 g/mol. The number of anilines is 1. The number of hydrogen-bond donors (Lipinski definition) is 6. The summed E-state index contributed by atoms with van der Waals surface area (Å²) in [5.74, 6) is -3.55. The summed E-state index contributed by atoms with van der Waals surface area (Å²) in [6.45, 7) is 16.5. The zero-order valence-electron chi connectivity index (χ0n) is 56.6. The third kappa shape index (κ3) is 19.9. The van der Waals surface area contributed by atoms with Crippen molar-refractivity contribution >= 4 is 41.2 Å². The summed E-state index contributed by atoms with van der Waals surface area (Å²) in [5.41, 5.74) is 16.6. The van der Waals surface area contributed by atoms with Crippen molar-refractivity contribution < 1.29 is 95.5 Å². The minimum Gasteiger partial charge on any atom is -0.461 e. The van der Waals surface area contributed by atoms with E-state index in [2.05, 4.69) is 51.4 Å². The van der Waals surface area contributed by atoms with E-state index in [1.54, 1.807) is 45.2 Å². The number of fused-ring (bicyclic) bond motifs is 6. The Labute approximate surface area is 567 Å². The molecule has 10 heterocycles. The summed E-state index contributed by atoms with van der Waals surface area (Å²) in [6, 6.07) is 3.79. The monoisotopic (exact) mass is 1360 g/mol. The van der Waals surface area contributed by atoms with Crippen LogP contribution >= 0.6 is 0 Å². The molecule has 10 saturated heterocycles. The van der Waals surface area contributed by atoms with Crippen LogP contribution in [0, 0.1) is 17.8 Å². The molecule has 1 aromatic carbocycles. The number of nitrogens with zero attached hydrogens (tertiary/aromatic N) is 3. The predicted octanol–water partition coefficient (Wildman–Crippen LogP) is 5.77.